The minimum atomic E-state index is -3.77. The number of carbonyl (C=O) groups is 1. The van der Waals surface area contributed by atoms with Crippen molar-refractivity contribution in [2.24, 2.45) is 0 Å². The second kappa shape index (κ2) is 7.28. The van der Waals surface area contributed by atoms with E-state index in [-0.39, 0.29) is 17.9 Å². The van der Waals surface area contributed by atoms with Gasteiger partial charge in [-0.25, -0.2) is 8.42 Å². The van der Waals surface area contributed by atoms with E-state index in [1.54, 1.807) is 19.1 Å². The van der Waals surface area contributed by atoms with E-state index in [1.165, 1.54) is 19.2 Å². The molecule has 0 spiro atoms. The molecular formula is C14H20O5S. The Morgan fingerprint density at radius 3 is 2.55 bits per heavy atom. The van der Waals surface area contributed by atoms with Gasteiger partial charge in [0.25, 0.3) is 0 Å². The SMILES string of the molecule is CCCC(C(=O)OCC)S(=O)(=O)c1cccc(OC)c1. The number of methoxy groups -OCH3 is 1. The maximum Gasteiger partial charge on any atom is 0.324 e. The lowest BCUT2D eigenvalue weighted by atomic mass is 10.2. The van der Waals surface area contributed by atoms with E-state index in [1.807, 2.05) is 6.92 Å². The number of sulfone groups is 1. The molecule has 20 heavy (non-hydrogen) atoms. The van der Waals surface area contributed by atoms with Crippen LogP contribution in [0.25, 0.3) is 0 Å². The number of hydrogen-bond donors (Lipinski definition) is 0. The third kappa shape index (κ3) is 3.72. The molecule has 1 aromatic carbocycles. The van der Waals surface area contributed by atoms with Gasteiger partial charge in [0.15, 0.2) is 15.1 Å². The summed E-state index contributed by atoms with van der Waals surface area (Å²) in [4.78, 5) is 11.9. The first kappa shape index (κ1) is 16.5. The normalized spacial score (nSPS) is 12.8. The van der Waals surface area contributed by atoms with E-state index in [9.17, 15) is 13.2 Å². The van der Waals surface area contributed by atoms with Crippen LogP contribution < -0.4 is 4.74 Å². The summed E-state index contributed by atoms with van der Waals surface area (Å²) in [5, 5.41) is -1.17. The molecule has 1 aromatic rings. The van der Waals surface area contributed by atoms with Gasteiger partial charge < -0.3 is 9.47 Å². The molecule has 0 aliphatic carbocycles. The van der Waals surface area contributed by atoms with Gasteiger partial charge >= 0.3 is 5.97 Å². The highest BCUT2D eigenvalue weighted by atomic mass is 32.2. The van der Waals surface area contributed by atoms with Crippen LogP contribution >= 0.6 is 0 Å². The summed E-state index contributed by atoms with van der Waals surface area (Å²) < 4.78 is 35.0. The van der Waals surface area contributed by atoms with Crippen LogP contribution in [0.15, 0.2) is 29.2 Å². The quantitative estimate of drug-likeness (QED) is 0.722. The summed E-state index contributed by atoms with van der Waals surface area (Å²) in [5.74, 6) is -0.262. The highest BCUT2D eigenvalue weighted by Gasteiger charge is 2.34. The Bertz CT molecular complexity index is 550. The zero-order valence-corrected chi connectivity index (χ0v) is 12.8. The molecule has 1 atom stereocenters. The highest BCUT2D eigenvalue weighted by molar-refractivity contribution is 7.92. The van der Waals surface area contributed by atoms with Crippen LogP contribution in [0.2, 0.25) is 0 Å². The zero-order valence-electron chi connectivity index (χ0n) is 12.0. The Hall–Kier alpha value is -1.56. The van der Waals surface area contributed by atoms with Gasteiger partial charge in [0.1, 0.15) is 5.75 Å². The van der Waals surface area contributed by atoms with Crippen molar-refractivity contribution in [3.63, 3.8) is 0 Å². The number of benzene rings is 1. The molecule has 0 bridgehead atoms. The average Bonchev–Trinajstić information content (AvgIpc) is 2.44. The Morgan fingerprint density at radius 1 is 1.30 bits per heavy atom. The molecule has 1 rings (SSSR count). The van der Waals surface area contributed by atoms with Crippen LogP contribution in [0.3, 0.4) is 0 Å². The van der Waals surface area contributed by atoms with Crippen molar-refractivity contribution in [2.45, 2.75) is 36.8 Å². The first-order chi connectivity index (χ1) is 9.47. The molecular weight excluding hydrogens is 280 g/mol. The third-order valence-electron chi connectivity index (χ3n) is 2.84. The van der Waals surface area contributed by atoms with E-state index in [4.69, 9.17) is 9.47 Å². The highest BCUT2D eigenvalue weighted by Crippen LogP contribution is 2.24. The average molecular weight is 300 g/mol. The van der Waals surface area contributed by atoms with E-state index in [0.29, 0.717) is 12.2 Å². The van der Waals surface area contributed by atoms with Gasteiger partial charge in [0.05, 0.1) is 18.6 Å². The number of ether oxygens (including phenoxy) is 2. The van der Waals surface area contributed by atoms with Crippen molar-refractivity contribution in [3.8, 4) is 5.75 Å². The largest absolute Gasteiger partial charge is 0.497 e. The first-order valence-corrected chi connectivity index (χ1v) is 8.06. The van der Waals surface area contributed by atoms with Crippen molar-refractivity contribution in [1.82, 2.24) is 0 Å². The van der Waals surface area contributed by atoms with Crippen molar-refractivity contribution < 1.29 is 22.7 Å². The van der Waals surface area contributed by atoms with E-state index in [2.05, 4.69) is 0 Å². The molecule has 0 N–H and O–H groups in total. The van der Waals surface area contributed by atoms with E-state index in [0.717, 1.165) is 0 Å². The number of esters is 1. The summed E-state index contributed by atoms with van der Waals surface area (Å²) >= 11 is 0. The monoisotopic (exact) mass is 300 g/mol. The molecule has 0 saturated heterocycles. The zero-order chi connectivity index (χ0) is 15.2. The minimum absolute atomic E-state index is 0.0725. The van der Waals surface area contributed by atoms with Crippen molar-refractivity contribution in [1.29, 1.82) is 0 Å². The maximum absolute atomic E-state index is 12.6. The summed E-state index contributed by atoms with van der Waals surface area (Å²) in [6.07, 6.45) is 0.811. The van der Waals surface area contributed by atoms with Crippen LogP contribution in [0, 0.1) is 0 Å². The molecule has 5 nitrogen and oxygen atoms in total. The molecule has 112 valence electrons. The van der Waals surface area contributed by atoms with Crippen LogP contribution in [0.5, 0.6) is 5.75 Å². The van der Waals surface area contributed by atoms with Crippen LogP contribution in [-0.4, -0.2) is 33.4 Å². The molecule has 0 aromatic heterocycles. The fourth-order valence-electron chi connectivity index (χ4n) is 1.84. The van der Waals surface area contributed by atoms with Crippen LogP contribution in [-0.2, 0) is 19.4 Å². The second-order valence-electron chi connectivity index (χ2n) is 4.25. The maximum atomic E-state index is 12.6. The molecule has 0 fully saturated rings. The van der Waals surface area contributed by atoms with Crippen molar-refractivity contribution in [2.75, 3.05) is 13.7 Å². The molecule has 0 aliphatic heterocycles. The van der Waals surface area contributed by atoms with Gasteiger partial charge in [-0.1, -0.05) is 19.4 Å². The Labute approximate surface area is 119 Å². The molecule has 0 radical (unpaired) electrons. The summed E-state index contributed by atoms with van der Waals surface area (Å²) in [7, 11) is -2.31. The number of carbonyl (C=O) groups excluding carboxylic acids is 1. The van der Waals surface area contributed by atoms with Gasteiger partial charge in [0.2, 0.25) is 0 Å². The van der Waals surface area contributed by atoms with Gasteiger partial charge in [-0.2, -0.15) is 0 Å². The Balaban J connectivity index is 3.18. The van der Waals surface area contributed by atoms with Crippen molar-refractivity contribution in [3.05, 3.63) is 24.3 Å². The minimum Gasteiger partial charge on any atom is -0.497 e. The first-order valence-electron chi connectivity index (χ1n) is 6.51. The molecule has 0 saturated carbocycles. The van der Waals surface area contributed by atoms with Crippen LogP contribution in [0.1, 0.15) is 26.7 Å². The third-order valence-corrected chi connectivity index (χ3v) is 4.93. The second-order valence-corrected chi connectivity index (χ2v) is 6.38. The fourth-order valence-corrected chi connectivity index (χ4v) is 3.58. The fraction of sp³-hybridized carbons (Fsp3) is 0.500. The number of rotatable bonds is 7. The lowest BCUT2D eigenvalue weighted by Crippen LogP contribution is -2.32. The smallest absolute Gasteiger partial charge is 0.324 e. The Kier molecular flexibility index (Phi) is 6.01. The lowest BCUT2D eigenvalue weighted by molar-refractivity contribution is -0.142. The van der Waals surface area contributed by atoms with Gasteiger partial charge in [0, 0.05) is 0 Å². The summed E-state index contributed by atoms with van der Waals surface area (Å²) in [5.41, 5.74) is 0. The number of hydrogen-bond acceptors (Lipinski definition) is 5. The topological polar surface area (TPSA) is 69.7 Å². The summed E-state index contributed by atoms with van der Waals surface area (Å²) in [6, 6.07) is 6.11. The van der Waals surface area contributed by atoms with Crippen molar-refractivity contribution >= 4 is 15.8 Å². The van der Waals surface area contributed by atoms with E-state index >= 15 is 0 Å². The predicted molar refractivity (Wildman–Crippen MR) is 75.5 cm³/mol. The lowest BCUT2D eigenvalue weighted by Gasteiger charge is -2.16. The Morgan fingerprint density at radius 2 is 2.00 bits per heavy atom. The van der Waals surface area contributed by atoms with E-state index < -0.39 is 21.1 Å². The summed E-state index contributed by atoms with van der Waals surface area (Å²) in [6.45, 7) is 3.64. The molecule has 0 amide bonds. The molecule has 0 heterocycles. The van der Waals surface area contributed by atoms with Gasteiger partial charge in [-0.15, -0.1) is 0 Å². The van der Waals surface area contributed by atoms with Gasteiger partial charge in [-0.05, 0) is 31.5 Å². The molecule has 1 unspecified atom stereocenters. The predicted octanol–water partition coefficient (Wildman–Crippen LogP) is 2.20. The standard InChI is InChI=1S/C14H20O5S/c1-4-7-13(14(15)19-5-2)20(16,17)12-9-6-8-11(10-12)18-3/h6,8-10,13H,4-5,7H2,1-3H3. The molecule has 6 heteroatoms. The van der Waals surface area contributed by atoms with Gasteiger partial charge in [-0.3, -0.25) is 4.79 Å². The molecule has 0 aliphatic rings. The van der Waals surface area contributed by atoms with Crippen LogP contribution in [0.4, 0.5) is 0 Å².